The van der Waals surface area contributed by atoms with Crippen molar-refractivity contribution in [3.63, 3.8) is 0 Å². The molecule has 15 nitrogen and oxygen atoms in total. The van der Waals surface area contributed by atoms with Crippen LogP contribution >= 0.6 is 11.6 Å². The molecule has 3 saturated heterocycles. The van der Waals surface area contributed by atoms with Crippen molar-refractivity contribution >= 4 is 52.8 Å². The maximum atomic E-state index is 14.0. The first-order valence-corrected chi connectivity index (χ1v) is 19.0. The van der Waals surface area contributed by atoms with Crippen LogP contribution in [-0.2, 0) is 9.59 Å². The zero-order valence-corrected chi connectivity index (χ0v) is 30.9. The molecule has 284 valence electrons. The molecule has 0 bridgehead atoms. The Balaban J connectivity index is 0.845. The number of hydrogen-bond acceptors (Lipinski definition) is 12. The minimum atomic E-state index is -1.05. The quantitative estimate of drug-likeness (QED) is 0.315. The number of hydrogen-bond donors (Lipinski definition) is 1. The number of piperidine rings is 1. The number of carbonyl (C=O) groups is 5. The Bertz CT molecular complexity index is 2090. The number of amides is 5. The summed E-state index contributed by atoms with van der Waals surface area (Å²) in [6.45, 7) is 5.79. The molecule has 0 radical (unpaired) electrons. The third-order valence-corrected chi connectivity index (χ3v) is 11.7. The van der Waals surface area contributed by atoms with Gasteiger partial charge in [-0.15, -0.1) is 0 Å². The number of benzene rings is 2. The van der Waals surface area contributed by atoms with Gasteiger partial charge in [-0.1, -0.05) is 11.6 Å². The van der Waals surface area contributed by atoms with Gasteiger partial charge >= 0.3 is 0 Å². The molecular weight excluding hydrogens is 726 g/mol. The molecule has 5 amide bonds. The highest BCUT2D eigenvalue weighted by Gasteiger charge is 2.49. The fourth-order valence-electron chi connectivity index (χ4n) is 8.43. The van der Waals surface area contributed by atoms with Crippen LogP contribution in [0.15, 0.2) is 48.8 Å². The molecule has 1 aromatic heterocycles. The van der Waals surface area contributed by atoms with Gasteiger partial charge in [-0.05, 0) is 62.4 Å². The van der Waals surface area contributed by atoms with Crippen molar-refractivity contribution in [3.8, 4) is 11.8 Å². The Morgan fingerprint density at radius 3 is 2.25 bits per heavy atom. The number of ether oxygens (including phenoxy) is 1. The van der Waals surface area contributed by atoms with Crippen LogP contribution < -0.4 is 20.3 Å². The van der Waals surface area contributed by atoms with E-state index >= 15 is 0 Å². The lowest BCUT2D eigenvalue weighted by molar-refractivity contribution is -0.155. The lowest BCUT2D eigenvalue weighted by Gasteiger charge is -2.44. The summed E-state index contributed by atoms with van der Waals surface area (Å²) < 4.78 is 6.10. The summed E-state index contributed by atoms with van der Waals surface area (Å²) in [4.78, 5) is 83.5. The first kappa shape index (κ1) is 36.4. The third-order valence-electron chi connectivity index (χ3n) is 11.4. The third kappa shape index (κ3) is 7.07. The van der Waals surface area contributed by atoms with E-state index in [4.69, 9.17) is 27.3 Å². The minimum Gasteiger partial charge on any atom is -0.490 e. The van der Waals surface area contributed by atoms with Gasteiger partial charge in [0.1, 0.15) is 17.9 Å². The Morgan fingerprint density at radius 1 is 0.873 bits per heavy atom. The first-order chi connectivity index (χ1) is 26.6. The number of halogens is 1. The van der Waals surface area contributed by atoms with Crippen LogP contribution in [0.1, 0.15) is 75.2 Å². The molecule has 2 aromatic carbocycles. The number of piperazine rings is 1. The van der Waals surface area contributed by atoms with E-state index in [9.17, 15) is 24.0 Å². The van der Waals surface area contributed by atoms with Crippen LogP contribution in [0.25, 0.3) is 0 Å². The van der Waals surface area contributed by atoms with Gasteiger partial charge in [0.25, 0.3) is 23.6 Å². The summed E-state index contributed by atoms with van der Waals surface area (Å²) in [6.07, 6.45) is 5.16. The van der Waals surface area contributed by atoms with Crippen molar-refractivity contribution < 1.29 is 28.7 Å². The van der Waals surface area contributed by atoms with E-state index in [1.165, 1.54) is 17.3 Å². The number of nitrogens with two attached hydrogens (primary N) is 1. The van der Waals surface area contributed by atoms with E-state index in [0.29, 0.717) is 53.9 Å². The number of imide groups is 2. The predicted molar refractivity (Wildman–Crippen MR) is 200 cm³/mol. The lowest BCUT2D eigenvalue weighted by atomic mass is 9.89. The van der Waals surface area contributed by atoms with Crippen LogP contribution in [0.5, 0.6) is 5.75 Å². The van der Waals surface area contributed by atoms with Gasteiger partial charge in [-0.3, -0.25) is 38.7 Å². The SMILES string of the molecule is N#Cc1ccc(OC2CCC(N3C(=O)CCC(N4C(=O)c5ccc(N6CCN(CC7CN(c8ncc(C(N)=O)cn8)C7)CC6)cc5C4=O)C3=O)CC2)cc1Cl. The molecule has 4 fully saturated rings. The lowest BCUT2D eigenvalue weighted by Crippen LogP contribution is -2.59. The summed E-state index contributed by atoms with van der Waals surface area (Å²) >= 11 is 6.16. The number of nitriles is 1. The van der Waals surface area contributed by atoms with Crippen LogP contribution in [-0.4, -0.2) is 118 Å². The average molecular weight is 766 g/mol. The zero-order chi connectivity index (χ0) is 38.4. The second-order valence-electron chi connectivity index (χ2n) is 14.9. The van der Waals surface area contributed by atoms with Crippen molar-refractivity contribution in [1.29, 1.82) is 5.26 Å². The van der Waals surface area contributed by atoms with Crippen molar-refractivity contribution in [2.24, 2.45) is 11.7 Å². The Labute approximate surface area is 322 Å². The zero-order valence-electron chi connectivity index (χ0n) is 30.1. The van der Waals surface area contributed by atoms with Crippen LogP contribution in [0.3, 0.4) is 0 Å². The number of anilines is 2. The minimum absolute atomic E-state index is 0.0657. The maximum Gasteiger partial charge on any atom is 0.262 e. The van der Waals surface area contributed by atoms with Gasteiger partial charge in [-0.25, -0.2) is 9.97 Å². The summed E-state index contributed by atoms with van der Waals surface area (Å²) in [7, 11) is 0. The van der Waals surface area contributed by atoms with E-state index < -0.39 is 29.7 Å². The highest BCUT2D eigenvalue weighted by atomic mass is 35.5. The molecule has 0 spiro atoms. The number of carbonyl (C=O) groups excluding carboxylic acids is 5. The second kappa shape index (κ2) is 14.9. The summed E-state index contributed by atoms with van der Waals surface area (Å²) in [6, 6.07) is 10.8. The van der Waals surface area contributed by atoms with Crippen LogP contribution in [0.2, 0.25) is 5.02 Å². The number of primary amides is 1. The number of aromatic nitrogens is 2. The van der Waals surface area contributed by atoms with Gasteiger partial charge in [0.05, 0.1) is 33.4 Å². The van der Waals surface area contributed by atoms with Gasteiger partial charge in [0.2, 0.25) is 11.9 Å². The molecule has 1 saturated carbocycles. The van der Waals surface area contributed by atoms with Gasteiger partial charge < -0.3 is 20.3 Å². The molecule has 16 heteroatoms. The molecular formula is C39H40ClN9O6. The van der Waals surface area contributed by atoms with E-state index in [2.05, 4.69) is 24.7 Å². The maximum absolute atomic E-state index is 14.0. The first-order valence-electron chi connectivity index (χ1n) is 18.7. The van der Waals surface area contributed by atoms with Crippen LogP contribution in [0, 0.1) is 17.2 Å². The van der Waals surface area contributed by atoms with Crippen molar-refractivity contribution in [3.05, 3.63) is 76.1 Å². The Hall–Kier alpha value is -5.59. The average Bonchev–Trinajstić information content (AvgIpc) is 3.42. The number of fused-ring (bicyclic) bond motifs is 1. The van der Waals surface area contributed by atoms with Crippen LogP contribution in [0.4, 0.5) is 11.6 Å². The molecule has 1 unspecified atom stereocenters. The van der Waals surface area contributed by atoms with Crippen molar-refractivity contribution in [2.45, 2.75) is 56.7 Å². The monoisotopic (exact) mass is 765 g/mol. The molecule has 2 N–H and O–H groups in total. The smallest absolute Gasteiger partial charge is 0.262 e. The Kier molecular flexibility index (Phi) is 9.87. The molecule has 1 aliphatic carbocycles. The fourth-order valence-corrected chi connectivity index (χ4v) is 8.64. The summed E-state index contributed by atoms with van der Waals surface area (Å²) in [5, 5.41) is 9.45. The largest absolute Gasteiger partial charge is 0.490 e. The van der Waals surface area contributed by atoms with E-state index in [1.807, 2.05) is 12.1 Å². The van der Waals surface area contributed by atoms with Gasteiger partial charge in [-0.2, -0.15) is 5.26 Å². The molecule has 5 heterocycles. The van der Waals surface area contributed by atoms with Crippen molar-refractivity contribution in [1.82, 2.24) is 24.7 Å². The Morgan fingerprint density at radius 2 is 1.58 bits per heavy atom. The number of likely N-dealkylation sites (tertiary alicyclic amines) is 1. The number of rotatable bonds is 9. The normalized spacial score (nSPS) is 23.5. The van der Waals surface area contributed by atoms with Crippen molar-refractivity contribution in [2.75, 3.05) is 55.6 Å². The molecule has 1 atom stereocenters. The van der Waals surface area contributed by atoms with Gasteiger partial charge in [0.15, 0.2) is 0 Å². The standard InChI is InChI=1S/C39H40ClN9O6/c40-32-16-29(5-1-24(32)17-41)55-28-6-2-26(3-7-28)48-34(50)10-9-33(38(48)54)49-36(52)30-8-4-27(15-31(30)37(49)53)46-13-11-45(12-14-46)20-23-21-47(22-23)39-43-18-25(19-44-39)35(42)51/h1,4-5,8,15-16,18-19,23,26,28,33H,2-3,6-7,9-14,20-22H2,(H2,42,51). The predicted octanol–water partition coefficient (Wildman–Crippen LogP) is 2.86. The van der Waals surface area contributed by atoms with E-state index in [1.54, 1.807) is 30.3 Å². The molecule has 3 aromatic rings. The fraction of sp³-hybridized carbons (Fsp3) is 0.436. The molecule has 55 heavy (non-hydrogen) atoms. The highest BCUT2D eigenvalue weighted by molar-refractivity contribution is 6.31. The summed E-state index contributed by atoms with van der Waals surface area (Å²) in [5.41, 5.74) is 7.33. The number of nitrogens with zero attached hydrogens (tertiary/aromatic N) is 8. The van der Waals surface area contributed by atoms with E-state index in [0.717, 1.165) is 56.4 Å². The summed E-state index contributed by atoms with van der Waals surface area (Å²) in [5.74, 6) is -0.752. The second-order valence-corrected chi connectivity index (χ2v) is 15.3. The van der Waals surface area contributed by atoms with Gasteiger partial charge in [0, 0.05) is 88.3 Å². The molecule has 4 aliphatic heterocycles. The molecule has 8 rings (SSSR count). The molecule has 5 aliphatic rings. The highest BCUT2D eigenvalue weighted by Crippen LogP contribution is 2.35. The van der Waals surface area contributed by atoms with E-state index in [-0.39, 0.29) is 47.6 Å². The topological polar surface area (TPSA) is 186 Å².